The summed E-state index contributed by atoms with van der Waals surface area (Å²) < 4.78 is 12.6. The molecule has 0 aliphatic carbocycles. The second-order valence-electron chi connectivity index (χ2n) is 6.49. The lowest BCUT2D eigenvalue weighted by molar-refractivity contribution is -0.136. The number of anilines is 1. The van der Waals surface area contributed by atoms with Crippen LogP contribution >= 0.6 is 11.8 Å². The Hall–Kier alpha value is -2.48. The van der Waals surface area contributed by atoms with Gasteiger partial charge in [-0.1, -0.05) is 37.7 Å². The maximum absolute atomic E-state index is 12.6. The predicted molar refractivity (Wildman–Crippen MR) is 110 cm³/mol. The van der Waals surface area contributed by atoms with Crippen LogP contribution in [0.5, 0.6) is 5.75 Å². The van der Waals surface area contributed by atoms with Crippen LogP contribution in [0.3, 0.4) is 0 Å². The number of hydrogen-bond donors (Lipinski definition) is 1. The summed E-state index contributed by atoms with van der Waals surface area (Å²) in [6.07, 6.45) is 1.96. The van der Waals surface area contributed by atoms with E-state index in [0.717, 1.165) is 29.9 Å². The summed E-state index contributed by atoms with van der Waals surface area (Å²) in [5.74, 6) is 1.93. The molecule has 1 aliphatic heterocycles. The van der Waals surface area contributed by atoms with E-state index < -0.39 is 12.0 Å². The Balaban J connectivity index is 2.06. The van der Waals surface area contributed by atoms with E-state index in [2.05, 4.69) is 29.2 Å². The fourth-order valence-corrected chi connectivity index (χ4v) is 3.75. The maximum atomic E-state index is 12.6. The van der Waals surface area contributed by atoms with E-state index in [1.165, 1.54) is 7.11 Å². The van der Waals surface area contributed by atoms with E-state index in [9.17, 15) is 4.79 Å². The number of esters is 1. The van der Waals surface area contributed by atoms with Gasteiger partial charge >= 0.3 is 5.97 Å². The second kappa shape index (κ2) is 9.14. The molecule has 1 aromatic heterocycles. The molecular weight excluding hydrogens is 376 g/mol. The quantitative estimate of drug-likeness (QED) is 0.527. The number of rotatable bonds is 8. The van der Waals surface area contributed by atoms with Crippen molar-refractivity contribution in [2.24, 2.45) is 0 Å². The van der Waals surface area contributed by atoms with E-state index >= 15 is 0 Å². The largest absolute Gasteiger partial charge is 0.494 e. The van der Waals surface area contributed by atoms with Gasteiger partial charge in [0, 0.05) is 11.4 Å². The molecule has 0 bridgehead atoms. The van der Waals surface area contributed by atoms with Crippen LogP contribution in [0.25, 0.3) is 0 Å². The zero-order valence-corrected chi connectivity index (χ0v) is 17.5. The van der Waals surface area contributed by atoms with Gasteiger partial charge in [0.1, 0.15) is 11.8 Å². The van der Waals surface area contributed by atoms with E-state index in [1.54, 1.807) is 16.4 Å². The first kappa shape index (κ1) is 20.3. The van der Waals surface area contributed by atoms with Gasteiger partial charge in [0.05, 0.1) is 19.3 Å². The van der Waals surface area contributed by atoms with Crippen LogP contribution in [0.2, 0.25) is 0 Å². The number of carbonyl (C=O) groups is 1. The minimum Gasteiger partial charge on any atom is -0.494 e. The van der Waals surface area contributed by atoms with Crippen LogP contribution in [0.4, 0.5) is 5.95 Å². The molecule has 0 saturated carbocycles. The molecule has 8 heteroatoms. The molecule has 150 valence electrons. The second-order valence-corrected chi connectivity index (χ2v) is 7.55. The molecule has 28 heavy (non-hydrogen) atoms. The smallest absolute Gasteiger partial charge is 0.338 e. The summed E-state index contributed by atoms with van der Waals surface area (Å²) in [4.78, 5) is 17.2. The maximum Gasteiger partial charge on any atom is 0.338 e. The van der Waals surface area contributed by atoms with Crippen molar-refractivity contribution in [1.29, 1.82) is 0 Å². The minimum absolute atomic E-state index is 0.390. The van der Waals surface area contributed by atoms with Crippen molar-refractivity contribution in [3.8, 4) is 5.75 Å². The number of hydrogen-bond acceptors (Lipinski definition) is 7. The third kappa shape index (κ3) is 4.16. The van der Waals surface area contributed by atoms with Gasteiger partial charge in [0.15, 0.2) is 0 Å². The summed E-state index contributed by atoms with van der Waals surface area (Å²) >= 11 is 1.60. The number of allylic oxidation sites excluding steroid dienone is 1. The monoisotopic (exact) mass is 402 g/mol. The summed E-state index contributed by atoms with van der Waals surface area (Å²) in [7, 11) is 1.39. The third-order valence-corrected chi connectivity index (χ3v) is 5.36. The first-order valence-corrected chi connectivity index (χ1v) is 10.5. The number of ether oxygens (including phenoxy) is 2. The molecule has 0 fully saturated rings. The molecular formula is C20H26N4O3S. The summed E-state index contributed by atoms with van der Waals surface area (Å²) in [6, 6.07) is 7.33. The summed E-state index contributed by atoms with van der Waals surface area (Å²) in [6.45, 7) is 6.68. The molecule has 3 rings (SSSR count). The SMILES string of the molecule is CCCOc1cccc(C2C(C(=O)OC)=C(C)Nc3nc(SCCC)nn32)c1. The van der Waals surface area contributed by atoms with Crippen molar-refractivity contribution in [2.75, 3.05) is 24.8 Å². The number of fused-ring (bicyclic) bond motifs is 1. The Morgan fingerprint density at radius 2 is 2.14 bits per heavy atom. The molecule has 7 nitrogen and oxygen atoms in total. The topological polar surface area (TPSA) is 78.3 Å². The number of benzene rings is 1. The lowest BCUT2D eigenvalue weighted by Crippen LogP contribution is -2.29. The molecule has 2 aromatic rings. The standard InChI is InChI=1S/C20H26N4O3S/c1-5-10-27-15-9-7-8-14(12-15)17-16(18(25)26-4)13(3)21-19-22-20(23-24(17)19)28-11-6-2/h7-9,12,17H,5-6,10-11H2,1-4H3,(H,21,22,23). The molecule has 1 N–H and O–H groups in total. The van der Waals surface area contributed by atoms with E-state index in [4.69, 9.17) is 9.47 Å². The van der Waals surface area contributed by atoms with Crippen molar-refractivity contribution >= 4 is 23.7 Å². The molecule has 0 radical (unpaired) electrons. The van der Waals surface area contributed by atoms with Gasteiger partial charge in [-0.2, -0.15) is 4.98 Å². The number of aromatic nitrogens is 3. The van der Waals surface area contributed by atoms with Crippen LogP contribution in [-0.2, 0) is 9.53 Å². The Morgan fingerprint density at radius 3 is 2.86 bits per heavy atom. The average molecular weight is 403 g/mol. The number of thioether (sulfide) groups is 1. The highest BCUT2D eigenvalue weighted by molar-refractivity contribution is 7.99. The van der Waals surface area contributed by atoms with E-state index in [1.807, 2.05) is 31.2 Å². The van der Waals surface area contributed by atoms with Crippen LogP contribution < -0.4 is 10.1 Å². The number of methoxy groups -OCH3 is 1. The lowest BCUT2D eigenvalue weighted by atomic mass is 9.95. The molecule has 1 aliphatic rings. The fraction of sp³-hybridized carbons (Fsp3) is 0.450. The van der Waals surface area contributed by atoms with Crippen molar-refractivity contribution in [3.63, 3.8) is 0 Å². The zero-order chi connectivity index (χ0) is 20.1. The molecule has 1 unspecified atom stereocenters. The van der Waals surface area contributed by atoms with Gasteiger partial charge in [-0.15, -0.1) is 5.10 Å². The predicted octanol–water partition coefficient (Wildman–Crippen LogP) is 4.03. The van der Waals surface area contributed by atoms with Gasteiger partial charge in [-0.25, -0.2) is 9.48 Å². The Labute approximate surface area is 169 Å². The average Bonchev–Trinajstić information content (AvgIpc) is 3.11. The van der Waals surface area contributed by atoms with Crippen LogP contribution in [0.15, 0.2) is 40.7 Å². The number of nitrogens with zero attached hydrogens (tertiary/aromatic N) is 3. The fourth-order valence-electron chi connectivity index (χ4n) is 3.06. The van der Waals surface area contributed by atoms with Crippen molar-refractivity contribution in [1.82, 2.24) is 14.8 Å². The highest BCUT2D eigenvalue weighted by Gasteiger charge is 2.35. The van der Waals surface area contributed by atoms with Crippen molar-refractivity contribution < 1.29 is 14.3 Å². The van der Waals surface area contributed by atoms with Gasteiger partial charge in [0.25, 0.3) is 0 Å². The summed E-state index contributed by atoms with van der Waals surface area (Å²) in [5, 5.41) is 8.54. The van der Waals surface area contributed by atoms with Crippen LogP contribution in [0, 0.1) is 0 Å². The Kier molecular flexibility index (Phi) is 6.61. The lowest BCUT2D eigenvalue weighted by Gasteiger charge is -2.28. The molecule has 1 atom stereocenters. The highest BCUT2D eigenvalue weighted by atomic mass is 32.2. The van der Waals surface area contributed by atoms with Gasteiger partial charge < -0.3 is 14.8 Å². The zero-order valence-electron chi connectivity index (χ0n) is 16.7. The Morgan fingerprint density at radius 1 is 1.32 bits per heavy atom. The molecule has 1 aromatic carbocycles. The van der Waals surface area contributed by atoms with Crippen LogP contribution in [-0.4, -0.2) is 40.2 Å². The molecule has 2 heterocycles. The van der Waals surface area contributed by atoms with E-state index in [-0.39, 0.29) is 0 Å². The van der Waals surface area contributed by atoms with Gasteiger partial charge in [-0.05, 0) is 37.5 Å². The number of nitrogens with one attached hydrogen (secondary N) is 1. The Bertz CT molecular complexity index is 878. The molecule has 0 saturated heterocycles. The molecule has 0 spiro atoms. The van der Waals surface area contributed by atoms with Crippen molar-refractivity contribution in [3.05, 3.63) is 41.1 Å². The normalized spacial score (nSPS) is 15.8. The van der Waals surface area contributed by atoms with Gasteiger partial charge in [-0.3, -0.25) is 0 Å². The minimum atomic E-state index is -0.433. The third-order valence-electron chi connectivity index (χ3n) is 4.32. The first-order valence-electron chi connectivity index (χ1n) is 9.47. The summed E-state index contributed by atoms with van der Waals surface area (Å²) in [5.41, 5.74) is 2.12. The van der Waals surface area contributed by atoms with Crippen LogP contribution in [0.1, 0.15) is 45.2 Å². The number of carbonyl (C=O) groups excluding carboxylic acids is 1. The van der Waals surface area contributed by atoms with Crippen molar-refractivity contribution in [2.45, 2.75) is 44.8 Å². The highest BCUT2D eigenvalue weighted by Crippen LogP contribution is 2.37. The molecule has 0 amide bonds. The first-order chi connectivity index (χ1) is 13.6. The van der Waals surface area contributed by atoms with E-state index in [0.29, 0.717) is 29.0 Å². The van der Waals surface area contributed by atoms with Gasteiger partial charge in [0.2, 0.25) is 11.1 Å².